The predicted octanol–water partition coefficient (Wildman–Crippen LogP) is 3.56. The third-order valence-corrected chi connectivity index (χ3v) is 4.86. The van der Waals surface area contributed by atoms with Crippen molar-refractivity contribution in [3.63, 3.8) is 0 Å². The van der Waals surface area contributed by atoms with E-state index < -0.39 is 22.6 Å². The maximum Gasteiger partial charge on any atom is 0.333 e. The first kappa shape index (κ1) is 18.0. The second kappa shape index (κ2) is 6.63. The molecule has 2 heterocycles. The fourth-order valence-corrected chi connectivity index (χ4v) is 3.57. The van der Waals surface area contributed by atoms with Gasteiger partial charge in [0, 0.05) is 18.0 Å². The number of anilines is 1. The number of fused-ring (bicyclic) bond motifs is 1. The van der Waals surface area contributed by atoms with Crippen molar-refractivity contribution < 1.29 is 13.7 Å². The lowest BCUT2D eigenvalue weighted by molar-refractivity contribution is -0.385. The van der Waals surface area contributed by atoms with E-state index in [0.717, 1.165) is 12.1 Å². The summed E-state index contributed by atoms with van der Waals surface area (Å²) < 4.78 is 29.7. The molecule has 10 heteroatoms. The van der Waals surface area contributed by atoms with Crippen LogP contribution in [0.5, 0.6) is 0 Å². The van der Waals surface area contributed by atoms with Crippen LogP contribution in [0.4, 0.5) is 20.4 Å². The van der Waals surface area contributed by atoms with Crippen molar-refractivity contribution in [2.24, 2.45) is 0 Å². The number of rotatable bonds is 4. The minimum Gasteiger partial charge on any atom is -0.347 e. The van der Waals surface area contributed by atoms with Crippen LogP contribution in [-0.4, -0.2) is 24.4 Å². The molecule has 1 aromatic carbocycles. The number of aryl methyl sites for hydroxylation is 2. The van der Waals surface area contributed by atoms with Crippen LogP contribution in [-0.2, 0) is 6.42 Å². The predicted molar refractivity (Wildman–Crippen MR) is 96.3 cm³/mol. The number of nitrogens with one attached hydrogen (secondary N) is 1. The number of imidazole rings is 1. The summed E-state index contributed by atoms with van der Waals surface area (Å²) in [6.45, 7) is 3.20. The Morgan fingerprint density at radius 2 is 2.00 bits per heavy atom. The van der Waals surface area contributed by atoms with E-state index in [4.69, 9.17) is 0 Å². The van der Waals surface area contributed by atoms with Gasteiger partial charge in [-0.05, 0) is 44.4 Å². The van der Waals surface area contributed by atoms with Crippen LogP contribution in [0.2, 0.25) is 0 Å². The van der Waals surface area contributed by atoms with E-state index in [0.29, 0.717) is 24.2 Å². The summed E-state index contributed by atoms with van der Waals surface area (Å²) in [7, 11) is 0. The summed E-state index contributed by atoms with van der Waals surface area (Å²) in [6, 6.07) is 1.68. The Hall–Kier alpha value is -3.43. The quantitative estimate of drug-likeness (QED) is 0.544. The van der Waals surface area contributed by atoms with Gasteiger partial charge in [0.25, 0.3) is 0 Å². The first-order chi connectivity index (χ1) is 13.4. The number of aromatic nitrogens is 4. The standard InChI is InChI=1S/C18H16F2N6O2/c1-9-16(26(27)28)17(25-8-7-21-10(25)2)24-18(22-9)23-14-6-3-11-12(19)4-5-13(20)15(11)14/h4-5,7-8,14H,3,6H2,1-2H3,(H,22,23,24). The zero-order valence-corrected chi connectivity index (χ0v) is 15.1. The molecule has 144 valence electrons. The number of hydrogen-bond acceptors (Lipinski definition) is 6. The molecule has 1 unspecified atom stereocenters. The molecule has 0 bridgehead atoms. The van der Waals surface area contributed by atoms with Crippen LogP contribution in [0.3, 0.4) is 0 Å². The van der Waals surface area contributed by atoms with Crippen molar-refractivity contribution in [3.8, 4) is 5.82 Å². The van der Waals surface area contributed by atoms with Crippen LogP contribution in [0.1, 0.15) is 35.1 Å². The molecule has 1 atom stereocenters. The molecule has 1 aliphatic rings. The Kier molecular flexibility index (Phi) is 4.25. The lowest BCUT2D eigenvalue weighted by Gasteiger charge is -2.16. The Morgan fingerprint density at radius 1 is 1.25 bits per heavy atom. The van der Waals surface area contributed by atoms with Crippen molar-refractivity contribution in [1.82, 2.24) is 19.5 Å². The monoisotopic (exact) mass is 386 g/mol. The molecule has 28 heavy (non-hydrogen) atoms. The van der Waals surface area contributed by atoms with E-state index >= 15 is 0 Å². The lowest BCUT2D eigenvalue weighted by Crippen LogP contribution is -2.15. The fraction of sp³-hybridized carbons (Fsp3) is 0.278. The van der Waals surface area contributed by atoms with Gasteiger partial charge in [0.1, 0.15) is 23.2 Å². The highest BCUT2D eigenvalue weighted by atomic mass is 19.1. The second-order valence-corrected chi connectivity index (χ2v) is 6.56. The van der Waals surface area contributed by atoms with Gasteiger partial charge in [-0.2, -0.15) is 4.98 Å². The van der Waals surface area contributed by atoms with Crippen molar-refractivity contribution in [2.75, 3.05) is 5.32 Å². The first-order valence-corrected chi connectivity index (χ1v) is 8.63. The number of halogens is 2. The Morgan fingerprint density at radius 3 is 2.68 bits per heavy atom. The number of benzene rings is 1. The van der Waals surface area contributed by atoms with E-state index in [1.807, 2.05) is 0 Å². The van der Waals surface area contributed by atoms with Gasteiger partial charge >= 0.3 is 5.69 Å². The van der Waals surface area contributed by atoms with Gasteiger partial charge in [0.05, 0.1) is 11.0 Å². The van der Waals surface area contributed by atoms with Gasteiger partial charge < -0.3 is 5.32 Å². The molecule has 8 nitrogen and oxygen atoms in total. The highest BCUT2D eigenvalue weighted by Gasteiger charge is 2.30. The zero-order chi connectivity index (χ0) is 20.0. The fourth-order valence-electron chi connectivity index (χ4n) is 3.57. The molecule has 2 aromatic heterocycles. The van der Waals surface area contributed by atoms with Crippen LogP contribution < -0.4 is 5.32 Å². The molecule has 1 aliphatic carbocycles. The summed E-state index contributed by atoms with van der Waals surface area (Å²) >= 11 is 0. The van der Waals surface area contributed by atoms with Crippen LogP contribution >= 0.6 is 0 Å². The van der Waals surface area contributed by atoms with Crippen LogP contribution in [0, 0.1) is 35.6 Å². The smallest absolute Gasteiger partial charge is 0.333 e. The van der Waals surface area contributed by atoms with Gasteiger partial charge in [0.15, 0.2) is 0 Å². The second-order valence-electron chi connectivity index (χ2n) is 6.56. The number of nitro groups is 1. The highest BCUT2D eigenvalue weighted by molar-refractivity contribution is 5.55. The number of hydrogen-bond donors (Lipinski definition) is 1. The normalized spacial score (nSPS) is 15.5. The van der Waals surface area contributed by atoms with Crippen molar-refractivity contribution in [3.05, 3.63) is 68.9 Å². The molecular weight excluding hydrogens is 370 g/mol. The van der Waals surface area contributed by atoms with Gasteiger partial charge in [0.2, 0.25) is 11.8 Å². The number of nitrogens with zero attached hydrogens (tertiary/aromatic N) is 5. The Bertz CT molecular complexity index is 1100. The minimum absolute atomic E-state index is 0.0629. The Balaban J connectivity index is 1.78. The first-order valence-electron chi connectivity index (χ1n) is 8.63. The summed E-state index contributed by atoms with van der Waals surface area (Å²) in [4.78, 5) is 23.5. The largest absolute Gasteiger partial charge is 0.347 e. The molecule has 3 aromatic rings. The maximum absolute atomic E-state index is 14.3. The van der Waals surface area contributed by atoms with E-state index in [2.05, 4.69) is 20.3 Å². The summed E-state index contributed by atoms with van der Waals surface area (Å²) in [5.41, 5.74) is 0.501. The maximum atomic E-state index is 14.3. The molecule has 0 radical (unpaired) electrons. The molecule has 4 rings (SSSR count). The molecule has 1 N–H and O–H groups in total. The van der Waals surface area contributed by atoms with E-state index in [1.54, 1.807) is 13.1 Å². The van der Waals surface area contributed by atoms with Crippen LogP contribution in [0.15, 0.2) is 24.5 Å². The van der Waals surface area contributed by atoms with E-state index in [1.165, 1.54) is 17.7 Å². The molecular formula is C18H16F2N6O2. The van der Waals surface area contributed by atoms with E-state index in [9.17, 15) is 18.9 Å². The SMILES string of the molecule is Cc1nc(NC2CCc3c(F)ccc(F)c32)nc(-n2ccnc2C)c1[N+](=O)[O-]. The van der Waals surface area contributed by atoms with Crippen molar-refractivity contribution >= 4 is 11.6 Å². The molecule has 0 saturated carbocycles. The highest BCUT2D eigenvalue weighted by Crippen LogP contribution is 2.37. The Labute approximate surface area is 158 Å². The average Bonchev–Trinajstić information content (AvgIpc) is 3.24. The lowest BCUT2D eigenvalue weighted by atomic mass is 10.1. The van der Waals surface area contributed by atoms with Crippen molar-refractivity contribution in [1.29, 1.82) is 0 Å². The van der Waals surface area contributed by atoms with Gasteiger partial charge in [-0.15, -0.1) is 0 Å². The average molecular weight is 386 g/mol. The van der Waals surface area contributed by atoms with Gasteiger partial charge in [-0.25, -0.2) is 18.7 Å². The van der Waals surface area contributed by atoms with E-state index in [-0.39, 0.29) is 28.7 Å². The van der Waals surface area contributed by atoms with Gasteiger partial charge in [-0.1, -0.05) is 0 Å². The molecule has 0 aliphatic heterocycles. The van der Waals surface area contributed by atoms with Crippen molar-refractivity contribution in [2.45, 2.75) is 32.7 Å². The van der Waals surface area contributed by atoms with Crippen LogP contribution in [0.25, 0.3) is 5.82 Å². The van der Waals surface area contributed by atoms with Gasteiger partial charge in [-0.3, -0.25) is 14.7 Å². The topological polar surface area (TPSA) is 98.8 Å². The molecule has 0 amide bonds. The molecule has 0 spiro atoms. The minimum atomic E-state index is -0.548. The summed E-state index contributed by atoms with van der Waals surface area (Å²) in [5, 5.41) is 14.5. The molecule has 0 saturated heterocycles. The molecule has 0 fully saturated rings. The zero-order valence-electron chi connectivity index (χ0n) is 15.1. The summed E-state index contributed by atoms with van der Waals surface area (Å²) in [5.74, 6) is -0.265. The summed E-state index contributed by atoms with van der Waals surface area (Å²) in [6.07, 6.45) is 3.92. The third kappa shape index (κ3) is 2.86. The third-order valence-electron chi connectivity index (χ3n) is 4.86.